The third kappa shape index (κ3) is 11.7. The van der Waals surface area contributed by atoms with Crippen LogP contribution in [0.2, 0.25) is 0 Å². The largest absolute Gasteiger partial charge is 0.459 e. The highest BCUT2D eigenvalue weighted by atomic mass is 16.8. The minimum atomic E-state index is -1.13. The number of hydrogen-bond donors (Lipinski definition) is 0. The smallest absolute Gasteiger partial charge is 0.303 e. The van der Waals surface area contributed by atoms with Crippen LogP contribution in [0, 0.1) is 0 Å². The molecule has 4 aliphatic rings. The van der Waals surface area contributed by atoms with Crippen LogP contribution in [0.3, 0.4) is 0 Å². The van der Waals surface area contributed by atoms with Gasteiger partial charge < -0.3 is 52.1 Å². The summed E-state index contributed by atoms with van der Waals surface area (Å²) in [5.74, 6) is -0.426. The number of benzene rings is 6. The van der Waals surface area contributed by atoms with Gasteiger partial charge in [0, 0.05) is 26.9 Å². The van der Waals surface area contributed by atoms with E-state index in [2.05, 4.69) is 0 Å². The van der Waals surface area contributed by atoms with Gasteiger partial charge in [-0.05, 0) is 33.4 Å². The second-order valence-corrected chi connectivity index (χ2v) is 18.7. The molecule has 4 fully saturated rings. The van der Waals surface area contributed by atoms with Crippen LogP contribution in [0.1, 0.15) is 53.1 Å². The molecule has 6 aromatic carbocycles. The first-order valence-corrected chi connectivity index (χ1v) is 24.5. The number of methoxy groups -OCH3 is 1. The van der Waals surface area contributed by atoms with Crippen LogP contribution in [-0.4, -0.2) is 85.7 Å². The van der Waals surface area contributed by atoms with E-state index in [0.717, 1.165) is 33.4 Å². The topological polar surface area (TPSA) is 119 Å². The van der Waals surface area contributed by atoms with Crippen LogP contribution in [0.4, 0.5) is 0 Å². The van der Waals surface area contributed by atoms with Crippen molar-refractivity contribution in [1.29, 1.82) is 0 Å². The van der Waals surface area contributed by atoms with Crippen molar-refractivity contribution >= 4 is 5.97 Å². The van der Waals surface area contributed by atoms with E-state index < -0.39 is 78.6 Å². The number of ether oxygens (including phenoxy) is 11. The summed E-state index contributed by atoms with van der Waals surface area (Å²) in [6.07, 6.45) is -6.89. The second-order valence-electron chi connectivity index (χ2n) is 18.7. The van der Waals surface area contributed by atoms with Gasteiger partial charge in [0.05, 0.1) is 45.7 Å². The minimum absolute atomic E-state index is 0.225. The number of esters is 1. The summed E-state index contributed by atoms with van der Waals surface area (Å²) in [5.41, 5.74) is 3.62. The predicted octanol–water partition coefficient (Wildman–Crippen LogP) is 9.46. The SMILES string of the molecule is CO[C@H]1O[C@@]2(CC2O[C@@H]2O[C@@]3(CC3OC(C)=O)[C@@H](OCc3ccccc3)[C@H](OCc3ccccc3)[C@@H]2OCc2ccccc2)[C@@H](OCc2ccccc2)[C@H](OCc2ccccc2)[C@@H]1OCc1ccccc1. The van der Waals surface area contributed by atoms with Crippen molar-refractivity contribution in [3.63, 3.8) is 0 Å². The zero-order valence-corrected chi connectivity index (χ0v) is 40.1. The average molecular weight is 963 g/mol. The van der Waals surface area contributed by atoms with Gasteiger partial charge in [0.2, 0.25) is 0 Å². The summed E-state index contributed by atoms with van der Waals surface area (Å²) in [6, 6.07) is 59.9. The summed E-state index contributed by atoms with van der Waals surface area (Å²) in [4.78, 5) is 12.7. The quantitative estimate of drug-likeness (QED) is 0.0604. The first kappa shape index (κ1) is 49.0. The van der Waals surface area contributed by atoms with E-state index in [1.807, 2.05) is 182 Å². The molecule has 2 aliphatic carbocycles. The minimum Gasteiger partial charge on any atom is -0.459 e. The number of carbonyl (C=O) groups excluding carboxylic acids is 1. The molecule has 6 aromatic rings. The molecule has 2 unspecified atom stereocenters. The summed E-state index contributed by atoms with van der Waals surface area (Å²) in [5, 5.41) is 0. The second kappa shape index (κ2) is 22.9. The maximum atomic E-state index is 12.7. The summed E-state index contributed by atoms with van der Waals surface area (Å²) in [7, 11) is 1.61. The van der Waals surface area contributed by atoms with Crippen molar-refractivity contribution in [2.24, 2.45) is 0 Å². The molecule has 370 valence electrons. The van der Waals surface area contributed by atoms with Gasteiger partial charge in [0.15, 0.2) is 12.6 Å². The Morgan fingerprint density at radius 1 is 0.423 bits per heavy atom. The fourth-order valence-corrected chi connectivity index (χ4v) is 9.94. The summed E-state index contributed by atoms with van der Waals surface area (Å²) >= 11 is 0. The maximum absolute atomic E-state index is 12.7. The Morgan fingerprint density at radius 2 is 0.718 bits per heavy atom. The first-order chi connectivity index (χ1) is 34.9. The molecular weight excluding hydrogens is 901 g/mol. The van der Waals surface area contributed by atoms with Crippen molar-refractivity contribution in [1.82, 2.24) is 0 Å². The lowest BCUT2D eigenvalue weighted by atomic mass is 9.94. The standard InChI is InChI=1S/C59H62O12/c1-41(60)68-48-33-58(48)55(67-40-47-31-19-8-20-32-47)51(63-36-43-23-11-4-12-24-43)53(65-38-45-27-15-6-16-28-45)57(71-58)69-49-34-59(49)54(66-39-46-29-17-7-18-30-46)50(62-35-42-21-9-3-10-22-42)52(56(61-2)70-59)64-37-44-25-13-5-14-26-44/h3-32,48-57H,33-40H2,1-2H3/t48?,49?,50-,51-,52+,53+,54+,55+,56+,57-,58-,59-/m1/s1. The zero-order valence-electron chi connectivity index (χ0n) is 40.1. The lowest BCUT2D eigenvalue weighted by Crippen LogP contribution is -2.65. The van der Waals surface area contributed by atoms with Crippen LogP contribution in [0.15, 0.2) is 182 Å². The predicted molar refractivity (Wildman–Crippen MR) is 262 cm³/mol. The average Bonchev–Trinajstić information content (AvgIpc) is 4.30. The number of hydrogen-bond acceptors (Lipinski definition) is 12. The highest BCUT2D eigenvalue weighted by Crippen LogP contribution is 2.57. The van der Waals surface area contributed by atoms with E-state index in [1.54, 1.807) is 7.11 Å². The molecule has 0 N–H and O–H groups in total. The molecule has 2 heterocycles. The molecule has 2 aliphatic heterocycles. The van der Waals surface area contributed by atoms with E-state index in [9.17, 15) is 4.79 Å². The molecule has 0 aromatic heterocycles. The Labute approximate surface area is 415 Å². The summed E-state index contributed by atoms with van der Waals surface area (Å²) in [6.45, 7) is 2.97. The van der Waals surface area contributed by atoms with Gasteiger partial charge in [0.1, 0.15) is 53.9 Å². The van der Waals surface area contributed by atoms with Crippen LogP contribution < -0.4 is 0 Å². The van der Waals surface area contributed by atoms with E-state index in [-0.39, 0.29) is 39.6 Å². The number of carbonyl (C=O) groups is 1. The monoisotopic (exact) mass is 962 g/mol. The van der Waals surface area contributed by atoms with E-state index in [1.165, 1.54) is 6.92 Å². The fraction of sp³-hybridized carbons (Fsp3) is 0.373. The molecular formula is C59H62O12. The normalized spacial score (nSPS) is 29.7. The molecule has 10 rings (SSSR count). The molecule has 0 radical (unpaired) electrons. The van der Waals surface area contributed by atoms with Crippen LogP contribution in [0.25, 0.3) is 0 Å². The Kier molecular flexibility index (Phi) is 15.8. The molecule has 2 spiro atoms. The van der Waals surface area contributed by atoms with Gasteiger partial charge in [-0.2, -0.15) is 0 Å². The number of rotatable bonds is 22. The molecule has 71 heavy (non-hydrogen) atoms. The lowest BCUT2D eigenvalue weighted by Gasteiger charge is -2.48. The Bertz CT molecular complexity index is 2560. The Balaban J connectivity index is 1.01. The van der Waals surface area contributed by atoms with Crippen molar-refractivity contribution in [3.05, 3.63) is 215 Å². The van der Waals surface area contributed by atoms with Crippen molar-refractivity contribution in [2.75, 3.05) is 7.11 Å². The lowest BCUT2D eigenvalue weighted by molar-refractivity contribution is -0.357. The molecule has 12 atom stereocenters. The molecule has 0 bridgehead atoms. The third-order valence-corrected chi connectivity index (χ3v) is 13.7. The van der Waals surface area contributed by atoms with Gasteiger partial charge >= 0.3 is 5.97 Å². The van der Waals surface area contributed by atoms with E-state index in [4.69, 9.17) is 52.1 Å². The zero-order chi connectivity index (χ0) is 48.5. The molecule has 12 heteroatoms. The van der Waals surface area contributed by atoms with Crippen molar-refractivity contribution in [2.45, 2.75) is 132 Å². The molecule has 0 amide bonds. The molecule has 2 saturated carbocycles. The first-order valence-electron chi connectivity index (χ1n) is 24.5. The highest BCUT2D eigenvalue weighted by Gasteiger charge is 2.75. The van der Waals surface area contributed by atoms with E-state index in [0.29, 0.717) is 12.8 Å². The van der Waals surface area contributed by atoms with Crippen molar-refractivity contribution < 1.29 is 56.9 Å². The van der Waals surface area contributed by atoms with Crippen LogP contribution >= 0.6 is 0 Å². The van der Waals surface area contributed by atoms with Gasteiger partial charge in [-0.25, -0.2) is 0 Å². The maximum Gasteiger partial charge on any atom is 0.303 e. The highest BCUT2D eigenvalue weighted by molar-refractivity contribution is 5.66. The molecule has 12 nitrogen and oxygen atoms in total. The van der Waals surface area contributed by atoms with Crippen LogP contribution in [-0.2, 0) is 96.5 Å². The molecule has 2 saturated heterocycles. The third-order valence-electron chi connectivity index (χ3n) is 13.7. The van der Waals surface area contributed by atoms with E-state index >= 15 is 0 Å². The van der Waals surface area contributed by atoms with Gasteiger partial charge in [0.25, 0.3) is 0 Å². The van der Waals surface area contributed by atoms with Gasteiger partial charge in [-0.15, -0.1) is 0 Å². The Hall–Kier alpha value is -5.61. The van der Waals surface area contributed by atoms with Gasteiger partial charge in [-0.3, -0.25) is 4.79 Å². The van der Waals surface area contributed by atoms with Crippen molar-refractivity contribution in [3.8, 4) is 0 Å². The Morgan fingerprint density at radius 3 is 1.07 bits per heavy atom. The summed E-state index contributed by atoms with van der Waals surface area (Å²) < 4.78 is 75.5. The van der Waals surface area contributed by atoms with Crippen LogP contribution in [0.5, 0.6) is 0 Å². The fourth-order valence-electron chi connectivity index (χ4n) is 9.94. The van der Waals surface area contributed by atoms with Gasteiger partial charge in [-0.1, -0.05) is 182 Å².